The Morgan fingerprint density at radius 2 is 2.21 bits per heavy atom. The van der Waals surface area contributed by atoms with Crippen LogP contribution in [-0.2, 0) is 11.3 Å². The predicted octanol–water partition coefficient (Wildman–Crippen LogP) is 2.84. The normalized spacial score (nSPS) is 21.3. The number of thiazole rings is 1. The minimum Gasteiger partial charge on any atom is -0.376 e. The minimum atomic E-state index is -0.00415. The van der Waals surface area contributed by atoms with Crippen LogP contribution in [0.15, 0.2) is 5.38 Å². The fourth-order valence-corrected chi connectivity index (χ4v) is 4.13. The number of ether oxygens (including phenoxy) is 1. The summed E-state index contributed by atoms with van der Waals surface area (Å²) < 4.78 is 5.80. The van der Waals surface area contributed by atoms with Crippen molar-refractivity contribution in [2.75, 3.05) is 37.7 Å². The van der Waals surface area contributed by atoms with Crippen molar-refractivity contribution < 1.29 is 9.53 Å². The summed E-state index contributed by atoms with van der Waals surface area (Å²) in [5.74, 6) is 0. The third-order valence-corrected chi connectivity index (χ3v) is 5.51. The van der Waals surface area contributed by atoms with Crippen molar-refractivity contribution in [2.45, 2.75) is 51.7 Å². The Kier molecular flexibility index (Phi) is 6.31. The van der Waals surface area contributed by atoms with Crippen molar-refractivity contribution in [2.24, 2.45) is 0 Å². The first-order valence-corrected chi connectivity index (χ1v) is 9.98. The van der Waals surface area contributed by atoms with Gasteiger partial charge in [0.25, 0.3) is 0 Å². The summed E-state index contributed by atoms with van der Waals surface area (Å²) in [6, 6.07) is -0.00415. The van der Waals surface area contributed by atoms with Crippen molar-refractivity contribution >= 4 is 22.5 Å². The quantitative estimate of drug-likeness (QED) is 0.855. The van der Waals surface area contributed by atoms with Gasteiger partial charge in [0.05, 0.1) is 18.3 Å². The van der Waals surface area contributed by atoms with E-state index in [0.717, 1.165) is 56.3 Å². The molecule has 2 aliphatic heterocycles. The number of nitrogens with one attached hydrogen (secondary N) is 1. The first-order chi connectivity index (χ1) is 11.8. The monoisotopic (exact) mass is 352 g/mol. The van der Waals surface area contributed by atoms with Crippen LogP contribution in [0.5, 0.6) is 0 Å². The standard InChI is InChI=1S/C17H28N4O2S/c1-2-10-23-15-6-5-9-21(12-15)16(22)18-11-14-13-24-17(19-14)20-7-3-4-8-20/h13,15H,2-12H2,1H3,(H,18,22)/t15-/m0/s1. The van der Waals surface area contributed by atoms with E-state index in [9.17, 15) is 4.79 Å². The SMILES string of the molecule is CCCO[C@H]1CCCN(C(=O)NCc2csc(N3CCCC3)n2)C1. The van der Waals surface area contributed by atoms with Gasteiger partial charge in [0.15, 0.2) is 5.13 Å². The van der Waals surface area contributed by atoms with E-state index in [4.69, 9.17) is 4.74 Å². The molecule has 0 aliphatic carbocycles. The Hall–Kier alpha value is -1.34. The molecule has 3 rings (SSSR count). The van der Waals surface area contributed by atoms with Gasteiger partial charge in [-0.25, -0.2) is 9.78 Å². The topological polar surface area (TPSA) is 57.7 Å². The van der Waals surface area contributed by atoms with Gasteiger partial charge in [0, 0.05) is 38.2 Å². The number of nitrogens with zero attached hydrogens (tertiary/aromatic N) is 3. The zero-order chi connectivity index (χ0) is 16.8. The fraction of sp³-hybridized carbons (Fsp3) is 0.765. The highest BCUT2D eigenvalue weighted by Gasteiger charge is 2.24. The lowest BCUT2D eigenvalue weighted by Crippen LogP contribution is -2.47. The van der Waals surface area contributed by atoms with Crippen molar-refractivity contribution in [3.05, 3.63) is 11.1 Å². The average Bonchev–Trinajstić information content (AvgIpc) is 3.29. The van der Waals surface area contributed by atoms with Crippen LogP contribution in [0, 0.1) is 0 Å². The van der Waals surface area contributed by atoms with E-state index in [-0.39, 0.29) is 12.1 Å². The zero-order valence-electron chi connectivity index (χ0n) is 14.5. The number of carbonyl (C=O) groups excluding carboxylic acids is 1. The van der Waals surface area contributed by atoms with Crippen molar-refractivity contribution in [3.8, 4) is 0 Å². The molecule has 2 saturated heterocycles. The van der Waals surface area contributed by atoms with Crippen LogP contribution in [0.25, 0.3) is 0 Å². The Morgan fingerprint density at radius 3 is 3.00 bits per heavy atom. The van der Waals surface area contributed by atoms with E-state index < -0.39 is 0 Å². The molecule has 24 heavy (non-hydrogen) atoms. The summed E-state index contributed by atoms with van der Waals surface area (Å²) in [7, 11) is 0. The number of aromatic nitrogens is 1. The molecular weight excluding hydrogens is 324 g/mol. The van der Waals surface area contributed by atoms with Gasteiger partial charge in [0.1, 0.15) is 0 Å². The van der Waals surface area contributed by atoms with E-state index in [1.807, 2.05) is 4.90 Å². The molecule has 1 atom stereocenters. The molecule has 1 N–H and O–H groups in total. The molecule has 7 heteroatoms. The van der Waals surface area contributed by atoms with Gasteiger partial charge < -0.3 is 19.9 Å². The number of carbonyl (C=O) groups is 1. The molecular formula is C17H28N4O2S. The van der Waals surface area contributed by atoms with Gasteiger partial charge in [-0.05, 0) is 32.1 Å². The Morgan fingerprint density at radius 1 is 1.38 bits per heavy atom. The van der Waals surface area contributed by atoms with Gasteiger partial charge in [0.2, 0.25) is 0 Å². The van der Waals surface area contributed by atoms with E-state index in [0.29, 0.717) is 13.1 Å². The lowest BCUT2D eigenvalue weighted by Gasteiger charge is -2.32. The third-order valence-electron chi connectivity index (χ3n) is 4.56. The predicted molar refractivity (Wildman–Crippen MR) is 96.6 cm³/mol. The number of anilines is 1. The maximum atomic E-state index is 12.4. The molecule has 2 fully saturated rings. The van der Waals surface area contributed by atoms with Gasteiger partial charge in [-0.15, -0.1) is 11.3 Å². The fourth-order valence-electron chi connectivity index (χ4n) is 3.25. The molecule has 0 saturated carbocycles. The second kappa shape index (κ2) is 8.67. The summed E-state index contributed by atoms with van der Waals surface area (Å²) in [6.07, 6.45) is 5.77. The van der Waals surface area contributed by atoms with Crippen LogP contribution in [0.3, 0.4) is 0 Å². The number of hydrogen-bond donors (Lipinski definition) is 1. The van der Waals surface area contributed by atoms with Gasteiger partial charge >= 0.3 is 6.03 Å². The molecule has 0 aromatic carbocycles. The second-order valence-corrected chi connectivity index (χ2v) is 7.39. The number of likely N-dealkylation sites (tertiary alicyclic amines) is 1. The van der Waals surface area contributed by atoms with Gasteiger partial charge in [-0.1, -0.05) is 6.92 Å². The molecule has 1 aromatic rings. The van der Waals surface area contributed by atoms with Crippen molar-refractivity contribution in [3.63, 3.8) is 0 Å². The lowest BCUT2D eigenvalue weighted by atomic mass is 10.1. The Labute approximate surface area is 148 Å². The molecule has 2 aliphatic rings. The lowest BCUT2D eigenvalue weighted by molar-refractivity contribution is 0.0100. The molecule has 0 radical (unpaired) electrons. The maximum absolute atomic E-state index is 12.4. The van der Waals surface area contributed by atoms with E-state index in [1.165, 1.54) is 12.8 Å². The molecule has 3 heterocycles. The second-order valence-electron chi connectivity index (χ2n) is 6.56. The highest BCUT2D eigenvalue weighted by atomic mass is 32.1. The summed E-state index contributed by atoms with van der Waals surface area (Å²) in [4.78, 5) is 21.2. The molecule has 134 valence electrons. The number of rotatable bonds is 6. The summed E-state index contributed by atoms with van der Waals surface area (Å²) in [5.41, 5.74) is 0.950. The zero-order valence-corrected chi connectivity index (χ0v) is 15.3. The first-order valence-electron chi connectivity index (χ1n) is 9.10. The van der Waals surface area contributed by atoms with Crippen molar-refractivity contribution in [1.29, 1.82) is 0 Å². The third kappa shape index (κ3) is 4.60. The average molecular weight is 353 g/mol. The molecule has 0 unspecified atom stereocenters. The van der Waals surface area contributed by atoms with Crippen LogP contribution >= 0.6 is 11.3 Å². The highest BCUT2D eigenvalue weighted by molar-refractivity contribution is 7.13. The van der Waals surface area contributed by atoms with E-state index in [2.05, 4.69) is 27.5 Å². The summed E-state index contributed by atoms with van der Waals surface area (Å²) in [6.45, 7) is 7.10. The smallest absolute Gasteiger partial charge is 0.317 e. The van der Waals surface area contributed by atoms with Crippen LogP contribution in [-0.4, -0.2) is 54.8 Å². The van der Waals surface area contributed by atoms with Gasteiger partial charge in [-0.3, -0.25) is 0 Å². The highest BCUT2D eigenvalue weighted by Crippen LogP contribution is 2.24. The number of piperidine rings is 1. The van der Waals surface area contributed by atoms with E-state index >= 15 is 0 Å². The maximum Gasteiger partial charge on any atom is 0.317 e. The van der Waals surface area contributed by atoms with Crippen LogP contribution in [0.1, 0.15) is 44.7 Å². The van der Waals surface area contributed by atoms with E-state index in [1.54, 1.807) is 11.3 Å². The Bertz CT molecular complexity index is 530. The molecule has 2 amide bonds. The molecule has 0 spiro atoms. The molecule has 6 nitrogen and oxygen atoms in total. The van der Waals surface area contributed by atoms with Crippen LogP contribution in [0.4, 0.5) is 9.93 Å². The summed E-state index contributed by atoms with van der Waals surface area (Å²) in [5, 5.41) is 6.15. The van der Waals surface area contributed by atoms with Gasteiger partial charge in [-0.2, -0.15) is 0 Å². The number of hydrogen-bond acceptors (Lipinski definition) is 5. The van der Waals surface area contributed by atoms with Crippen molar-refractivity contribution in [1.82, 2.24) is 15.2 Å². The first kappa shape index (κ1) is 17.5. The number of urea groups is 1. The summed E-state index contributed by atoms with van der Waals surface area (Å²) >= 11 is 1.67. The molecule has 0 bridgehead atoms. The number of amides is 2. The minimum absolute atomic E-state index is 0.00415. The Balaban J connectivity index is 1.44. The van der Waals surface area contributed by atoms with Crippen LogP contribution < -0.4 is 10.2 Å². The molecule has 1 aromatic heterocycles. The van der Waals surface area contributed by atoms with Crippen LogP contribution in [0.2, 0.25) is 0 Å². The largest absolute Gasteiger partial charge is 0.376 e.